The number of allylic oxidation sites excluding steroid dienone is 2. The number of pyridine rings is 7. The highest BCUT2D eigenvalue weighted by Gasteiger charge is 2.36. The predicted molar refractivity (Wildman–Crippen MR) is 549 cm³/mol. The Morgan fingerprint density at radius 1 is 0.512 bits per heavy atom. The van der Waals surface area contributed by atoms with Gasteiger partial charge < -0.3 is 49.0 Å². The molecule has 0 amide bonds. The van der Waals surface area contributed by atoms with Gasteiger partial charge in [-0.05, 0) is 240 Å². The third-order valence-corrected chi connectivity index (χ3v) is 13.9. The molecule has 3 aromatic carbocycles. The molecule has 0 spiro atoms. The molecule has 722 valence electrons. The van der Waals surface area contributed by atoms with Gasteiger partial charge in [-0.3, -0.25) is 42.7 Å². The van der Waals surface area contributed by atoms with E-state index in [1.54, 1.807) is 39.0 Å². The van der Waals surface area contributed by atoms with Gasteiger partial charge in [0, 0.05) is 31.3 Å². The van der Waals surface area contributed by atoms with Crippen molar-refractivity contribution >= 4 is 294 Å². The first-order valence-electron chi connectivity index (χ1n) is 35.1. The topological polar surface area (TPSA) is 325 Å². The smallest absolute Gasteiger partial charge is 0.466 e. The van der Waals surface area contributed by atoms with Crippen molar-refractivity contribution in [2.75, 3.05) is 59.8 Å². The van der Waals surface area contributed by atoms with E-state index in [9.17, 15) is 108 Å². The van der Waals surface area contributed by atoms with Gasteiger partial charge in [-0.25, -0.2) is 24.1 Å². The Hall–Kier alpha value is -4.91. The van der Waals surface area contributed by atoms with Crippen molar-refractivity contribution in [2.45, 2.75) is 93.5 Å². The number of aromatic amines is 2. The van der Waals surface area contributed by atoms with Crippen molar-refractivity contribution in [1.29, 1.82) is 0 Å². The summed E-state index contributed by atoms with van der Waals surface area (Å²) in [6, 6.07) is 24.0. The largest absolute Gasteiger partial charge is 0.573 e. The second kappa shape index (κ2) is 77.3. The van der Waals surface area contributed by atoms with Gasteiger partial charge in [-0.15, -0.1) is 26.3 Å². The summed E-state index contributed by atoms with van der Waals surface area (Å²) in [7, 11) is -1.46. The molecule has 0 unspecified atom stereocenters. The summed E-state index contributed by atoms with van der Waals surface area (Å²) in [5.74, 6) is -2.05. The number of rotatable bonds is 11. The van der Waals surface area contributed by atoms with Crippen LogP contribution in [-0.4, -0.2) is 165 Å². The van der Waals surface area contributed by atoms with Gasteiger partial charge in [0.25, 0.3) is 16.7 Å². The fraction of sp³-hybridized carbons (Fsp3) is 0.321. The number of benzene rings is 3. The number of aromatic nitrogens is 7. The molecule has 0 aliphatic carbocycles. The zero-order valence-corrected chi connectivity index (χ0v) is 91.4. The monoisotopic (exact) mass is 2880 g/mol. The van der Waals surface area contributed by atoms with Crippen LogP contribution in [0.4, 0.5) is 74.6 Å². The maximum absolute atomic E-state index is 12.8. The van der Waals surface area contributed by atoms with Crippen LogP contribution in [0.25, 0.3) is 38.4 Å². The lowest BCUT2D eigenvalue weighted by Gasteiger charge is -2.12. The fourth-order valence-corrected chi connectivity index (χ4v) is 8.98. The molecule has 0 bridgehead atoms. The summed E-state index contributed by atoms with van der Waals surface area (Å²) in [5, 5.41) is 34.5. The van der Waals surface area contributed by atoms with Gasteiger partial charge in [0.2, 0.25) is 0 Å². The molecule has 51 heteroatoms. The summed E-state index contributed by atoms with van der Waals surface area (Å²) >= 11 is 23.3. The number of fused-ring (bicyclic) bond motifs is 3. The summed E-state index contributed by atoms with van der Waals surface area (Å²) in [6.07, 6.45) is -16.4. The van der Waals surface area contributed by atoms with Crippen LogP contribution >= 0.6 is 213 Å². The molecular formula is C78H90B2Br2F17I8N7O15. The van der Waals surface area contributed by atoms with E-state index in [1.807, 2.05) is 53.3 Å². The molecule has 0 saturated heterocycles. The molecule has 10 aromatic rings. The summed E-state index contributed by atoms with van der Waals surface area (Å²) in [4.78, 5) is 112. The second-order valence-electron chi connectivity index (χ2n) is 21.3. The first-order chi connectivity index (χ1) is 61.0. The van der Waals surface area contributed by atoms with E-state index in [-0.39, 0.29) is 78.1 Å². The van der Waals surface area contributed by atoms with Crippen molar-refractivity contribution in [3.8, 4) is 17.2 Å². The molecule has 129 heavy (non-hydrogen) atoms. The lowest BCUT2D eigenvalue weighted by atomic mass is 9.80. The van der Waals surface area contributed by atoms with Crippen LogP contribution in [0, 0.1) is 19.7 Å². The second-order valence-corrected chi connectivity index (χ2v) is 23.0. The summed E-state index contributed by atoms with van der Waals surface area (Å²) in [5.41, 5.74) is -2.16. The molecular weight excluding hydrogens is 2790 g/mol. The van der Waals surface area contributed by atoms with Crippen LogP contribution in [0.15, 0.2) is 181 Å². The Kier molecular flexibility index (Phi) is 82.1. The number of aryl methyl sites for hydroxylation is 2. The average Bonchev–Trinajstić information content (AvgIpc) is 0.760. The Morgan fingerprint density at radius 2 is 0.891 bits per heavy atom. The minimum Gasteiger partial charge on any atom is -0.466 e. The lowest BCUT2D eigenvalue weighted by molar-refractivity contribution is -0.275. The van der Waals surface area contributed by atoms with Crippen molar-refractivity contribution in [3.05, 3.63) is 238 Å². The Labute approximate surface area is 861 Å². The maximum Gasteiger partial charge on any atom is 0.573 e. The zero-order chi connectivity index (χ0) is 103. The van der Waals surface area contributed by atoms with Gasteiger partial charge >= 0.3 is 57.4 Å². The molecule has 0 atom stereocenters. The van der Waals surface area contributed by atoms with E-state index in [1.165, 1.54) is 88.4 Å². The highest BCUT2D eigenvalue weighted by atomic mass is 127. The van der Waals surface area contributed by atoms with E-state index < -0.39 is 96.7 Å². The molecule has 7 aromatic heterocycles. The average molecular weight is 2890 g/mol. The number of Topliss-reactive ketones (excluding diaryl/α,β-unsaturated/α-hetero) is 1. The van der Waals surface area contributed by atoms with E-state index in [2.05, 4.69) is 257 Å². The third kappa shape index (κ3) is 60.2. The standard InChI is InChI=1S/C16H7BrF6N2O2.C10H13NO2.C9H4BrF3N2O.C9H5F3N2O.C7H6BF3O3.C6H6BFO2.C6H10O3.C5H8O.CH3F.8CH3I.CH4/c17-11-7-25(8-1-3-9(4-2-8)27-16(21,22)23)14(26)10-5-6-12(15(18,19)20)24-13(10)11;1-4-13-10(12)9-6-5-7(2)11-8(9)3;10-5-3-14-8(16)4-1-2-6(9(11,12)13)15-7(4)5;10-9(11,12)7-2-1-5-6(14-7)3-4-13-8(5)15;9-7(10,11)14-6-3-1-5(2-4-6)8(12)13;8-6-3-1-5(2-4-6)7(9)10;1-3-9-6(8)4-5(2)7;1-3-4-5(2)6;9*1-2;/h1-7H;5-6H,4H2,1-3H3;1-3H,(H,14,16);1-4H,(H,13,15);1-4,12-13H;1-4,9-10H;3-4H2,1-2H3;3-4H,1-2H3;9*1H3;1H4/b;;;;;;;4-3+;;;;;;;;;;/i;;;;;;;;;;;;;;;;;1D. The number of carbonyl (C=O) groups excluding carboxylic acids is 4. The van der Waals surface area contributed by atoms with Crippen molar-refractivity contribution in [3.63, 3.8) is 0 Å². The van der Waals surface area contributed by atoms with E-state index in [0.29, 0.717) is 42.0 Å². The first-order valence-corrected chi connectivity index (χ1v) is 52.9. The molecule has 10 rings (SSSR count). The van der Waals surface area contributed by atoms with Crippen molar-refractivity contribution in [1.82, 2.24) is 34.5 Å². The Balaban J connectivity index is -0.000000217. The van der Waals surface area contributed by atoms with Crippen LogP contribution in [0.1, 0.15) is 88.6 Å². The Bertz CT molecular complexity index is 5020. The summed E-state index contributed by atoms with van der Waals surface area (Å²) in [6.45, 7) is 12.6. The van der Waals surface area contributed by atoms with Gasteiger partial charge in [-0.1, -0.05) is 218 Å². The van der Waals surface area contributed by atoms with Crippen LogP contribution in [0.5, 0.6) is 11.5 Å². The first kappa shape index (κ1) is 137. The molecule has 0 fully saturated rings. The number of halogens is 27. The maximum atomic E-state index is 12.8. The minimum absolute atomic E-state index is 0.00132. The fourth-order valence-electron chi connectivity index (χ4n) is 8.06. The van der Waals surface area contributed by atoms with Crippen LogP contribution < -0.4 is 37.1 Å². The molecule has 0 aliphatic heterocycles. The molecule has 0 aliphatic rings. The van der Waals surface area contributed by atoms with E-state index in [0.717, 1.165) is 82.7 Å². The number of carbonyl (C=O) groups is 4. The number of ether oxygens (including phenoxy) is 4. The van der Waals surface area contributed by atoms with Crippen LogP contribution in [-0.2, 0) is 42.4 Å². The van der Waals surface area contributed by atoms with Gasteiger partial charge in [-0.2, -0.15) is 39.5 Å². The predicted octanol–water partition coefficient (Wildman–Crippen LogP) is 22.7. The van der Waals surface area contributed by atoms with Crippen molar-refractivity contribution in [2.24, 2.45) is 0 Å². The molecule has 22 nitrogen and oxygen atoms in total. The highest BCUT2D eigenvalue weighted by molar-refractivity contribution is 14.1. The number of alkyl halides is 24. The SMILES string of the molecule is C/C=C/C(C)=O.CCOC(=O)CC(C)=O.CCOC(=O)c1ccc(C)nc1C.CF.CI.CI.CI.CI.CI.CI.CI.CI.O=c1[nH]cc(Br)c2nc(C(F)(F)F)ccc12.O=c1[nH]ccc2nc(C(F)(F)F)ccc12.O=c1c2ccc(C(F)(F)F)nc2c(Br)cn1-c1ccc(OC(F)(F)F)cc1.OB(O)c1ccc(F)cc1.OB(O)c1ccc(OC(F)(F)F)cc1.[2H]C. The quantitative estimate of drug-likeness (QED) is 0.0133. The molecule has 0 radical (unpaired) electrons. The van der Waals surface area contributed by atoms with Crippen LogP contribution in [0.3, 0.4) is 0 Å². The molecule has 7 heterocycles. The number of hydrogen-bond donors (Lipinski definition) is 6. The minimum atomic E-state index is -4.85. The lowest BCUT2D eigenvalue weighted by Crippen LogP contribution is -2.29. The normalized spacial score (nSPS) is 9.94. The number of ketones is 2. The third-order valence-electron chi connectivity index (χ3n) is 12.8. The number of hydrogen-bond acceptors (Lipinski definition) is 19. The zero-order valence-electron chi connectivity index (χ0n) is 72.0. The van der Waals surface area contributed by atoms with Gasteiger partial charge in [0.05, 0.1) is 73.3 Å². The Morgan fingerprint density at radius 3 is 1.26 bits per heavy atom. The number of nitrogens with zero attached hydrogens (tertiary/aromatic N) is 5. The van der Waals surface area contributed by atoms with Crippen LogP contribution in [0.2, 0.25) is 0 Å². The molecule has 0 saturated carbocycles. The van der Waals surface area contributed by atoms with Gasteiger partial charge in [0.1, 0.15) is 46.6 Å². The summed E-state index contributed by atoms with van der Waals surface area (Å²) < 4.78 is 230. The van der Waals surface area contributed by atoms with E-state index >= 15 is 0 Å². The van der Waals surface area contributed by atoms with Gasteiger partial charge in [0.15, 0.2) is 5.78 Å². The number of esters is 2. The van der Waals surface area contributed by atoms with E-state index in [4.69, 9.17) is 26.2 Å². The molecule has 6 N–H and O–H groups in total. The number of nitrogens with one attached hydrogen (secondary N) is 2. The van der Waals surface area contributed by atoms with Crippen molar-refractivity contribution < 1.29 is 134 Å². The highest BCUT2D eigenvalue weighted by Crippen LogP contribution is 2.33. The number of H-pyrrole nitrogens is 2.